The van der Waals surface area contributed by atoms with Gasteiger partial charge in [-0.2, -0.15) is 0 Å². The van der Waals surface area contributed by atoms with Crippen molar-refractivity contribution in [3.05, 3.63) is 92.6 Å². The minimum Gasteiger partial charge on any atom is -0.468 e. The summed E-state index contributed by atoms with van der Waals surface area (Å²) in [5.41, 5.74) is 5.37. The highest BCUT2D eigenvalue weighted by molar-refractivity contribution is 7.99. The number of thioether (sulfide) groups is 1. The minimum atomic E-state index is -0.978. The number of carbonyl (C=O) groups is 2. The van der Waals surface area contributed by atoms with E-state index in [1.165, 1.54) is 0 Å². The van der Waals surface area contributed by atoms with Gasteiger partial charge in [-0.25, -0.2) is 9.36 Å². The van der Waals surface area contributed by atoms with Crippen LogP contribution in [-0.4, -0.2) is 43.9 Å². The van der Waals surface area contributed by atoms with Crippen LogP contribution in [0.5, 0.6) is 0 Å². The van der Waals surface area contributed by atoms with Gasteiger partial charge in [-0.15, -0.1) is 10.2 Å². The Kier molecular flexibility index (Phi) is 7.44. The van der Waals surface area contributed by atoms with Crippen LogP contribution in [0.15, 0.2) is 79.9 Å². The topological polar surface area (TPSA) is 152 Å². The number of nitrogens with two attached hydrogens (primary N) is 1. The first-order valence-corrected chi connectivity index (χ1v) is 11.7. The van der Waals surface area contributed by atoms with Gasteiger partial charge in [0.05, 0.1) is 19.4 Å². The number of aromatic nitrogens is 4. The van der Waals surface area contributed by atoms with E-state index < -0.39 is 35.1 Å². The number of benzene rings is 2. The molecule has 0 radical (unpaired) electrons. The van der Waals surface area contributed by atoms with Gasteiger partial charge in [0.1, 0.15) is 17.9 Å². The molecule has 4 rings (SSSR count). The second-order valence-electron chi connectivity index (χ2n) is 7.53. The zero-order valence-electron chi connectivity index (χ0n) is 19.1. The number of hydrogen-bond donors (Lipinski definition) is 1. The number of ketones is 1. The van der Waals surface area contributed by atoms with Crippen LogP contribution in [0.3, 0.4) is 0 Å². The molecule has 0 aliphatic carbocycles. The third kappa shape index (κ3) is 5.28. The number of esters is 1. The van der Waals surface area contributed by atoms with E-state index in [1.54, 1.807) is 42.5 Å². The van der Waals surface area contributed by atoms with Crippen molar-refractivity contribution >= 4 is 29.3 Å². The van der Waals surface area contributed by atoms with E-state index in [9.17, 15) is 19.2 Å². The quantitative estimate of drug-likeness (QED) is 0.202. The Bertz CT molecular complexity index is 1510. The first-order valence-electron chi connectivity index (χ1n) is 10.7. The summed E-state index contributed by atoms with van der Waals surface area (Å²) >= 11 is 0.922. The molecule has 12 heteroatoms. The Morgan fingerprint density at radius 2 is 1.67 bits per heavy atom. The maximum absolute atomic E-state index is 13.1. The van der Waals surface area contributed by atoms with Gasteiger partial charge in [-0.3, -0.25) is 19.0 Å². The number of carbonyl (C=O) groups excluding carboxylic acids is 2. The molecule has 2 aromatic heterocycles. The van der Waals surface area contributed by atoms with Gasteiger partial charge >= 0.3 is 11.7 Å². The van der Waals surface area contributed by atoms with Crippen molar-refractivity contribution in [3.63, 3.8) is 0 Å². The van der Waals surface area contributed by atoms with Gasteiger partial charge in [0, 0.05) is 5.56 Å². The summed E-state index contributed by atoms with van der Waals surface area (Å²) in [5.74, 6) is -1.77. The summed E-state index contributed by atoms with van der Waals surface area (Å²) in [6.45, 7) is -0.675. The predicted octanol–water partition coefficient (Wildman–Crippen LogP) is 1.84. The van der Waals surface area contributed by atoms with Gasteiger partial charge in [0.2, 0.25) is 5.89 Å². The number of Topliss-reactive ketones (excluding diaryl/α,β-unsaturated/α-hetero) is 1. The van der Waals surface area contributed by atoms with Crippen LogP contribution in [0.2, 0.25) is 0 Å². The molecule has 0 fully saturated rings. The molecular formula is C24H21N5O6S. The Balaban J connectivity index is 1.65. The van der Waals surface area contributed by atoms with Crippen molar-refractivity contribution in [1.82, 2.24) is 19.3 Å². The molecule has 0 saturated carbocycles. The molecule has 4 aromatic rings. The van der Waals surface area contributed by atoms with Crippen LogP contribution in [-0.2, 0) is 22.6 Å². The fourth-order valence-electron chi connectivity index (χ4n) is 3.39. The molecule has 0 aliphatic rings. The van der Waals surface area contributed by atoms with Crippen molar-refractivity contribution in [3.8, 4) is 11.5 Å². The average molecular weight is 508 g/mol. The number of rotatable bonds is 9. The van der Waals surface area contributed by atoms with Crippen molar-refractivity contribution in [2.75, 3.05) is 18.6 Å². The summed E-state index contributed by atoms with van der Waals surface area (Å²) in [5, 5.41) is 8.01. The van der Waals surface area contributed by atoms with Crippen molar-refractivity contribution in [1.29, 1.82) is 0 Å². The lowest BCUT2D eigenvalue weighted by Crippen LogP contribution is -2.45. The first-order chi connectivity index (χ1) is 17.4. The normalized spacial score (nSPS) is 10.8. The second kappa shape index (κ2) is 10.9. The lowest BCUT2D eigenvalue weighted by atomic mass is 10.2. The van der Waals surface area contributed by atoms with E-state index in [1.807, 2.05) is 18.2 Å². The Hall–Kier alpha value is -4.45. The summed E-state index contributed by atoms with van der Waals surface area (Å²) < 4.78 is 11.9. The number of nitrogens with zero attached hydrogens (tertiary/aromatic N) is 4. The smallest absolute Gasteiger partial charge is 0.333 e. The summed E-state index contributed by atoms with van der Waals surface area (Å²) in [6.07, 6.45) is 0. The van der Waals surface area contributed by atoms with Gasteiger partial charge in [0.15, 0.2) is 5.78 Å². The minimum absolute atomic E-state index is 0.00945. The van der Waals surface area contributed by atoms with Crippen molar-refractivity contribution < 1.29 is 18.7 Å². The molecule has 0 spiro atoms. The second-order valence-corrected chi connectivity index (χ2v) is 8.46. The lowest BCUT2D eigenvalue weighted by molar-refractivity contribution is -0.141. The van der Waals surface area contributed by atoms with E-state index in [2.05, 4.69) is 14.9 Å². The molecule has 0 amide bonds. The molecule has 0 atom stereocenters. The van der Waals surface area contributed by atoms with Crippen LogP contribution in [0.1, 0.15) is 15.9 Å². The Morgan fingerprint density at radius 1 is 1.00 bits per heavy atom. The third-order valence-corrected chi connectivity index (χ3v) is 6.02. The molecule has 11 nitrogen and oxygen atoms in total. The number of anilines is 1. The highest BCUT2D eigenvalue weighted by Crippen LogP contribution is 2.24. The zero-order valence-corrected chi connectivity index (χ0v) is 19.9. The molecule has 0 unspecified atom stereocenters. The van der Waals surface area contributed by atoms with E-state index >= 15 is 0 Å². The average Bonchev–Trinajstić information content (AvgIpc) is 3.38. The number of ether oxygens (including phenoxy) is 1. The van der Waals surface area contributed by atoms with Crippen LogP contribution in [0.25, 0.3) is 11.5 Å². The van der Waals surface area contributed by atoms with E-state index in [0.29, 0.717) is 15.7 Å². The third-order valence-electron chi connectivity index (χ3n) is 5.20. The lowest BCUT2D eigenvalue weighted by Gasteiger charge is -2.16. The highest BCUT2D eigenvalue weighted by Gasteiger charge is 2.25. The van der Waals surface area contributed by atoms with Crippen LogP contribution in [0.4, 0.5) is 5.82 Å². The van der Waals surface area contributed by atoms with Gasteiger partial charge < -0.3 is 14.9 Å². The standard InChI is InChI=1S/C24H21N5O6S/c1-34-18(31)13-29-22(32)19(20(25)28(24(29)33)12-15-8-4-2-5-9-15)17(30)14-36-23-27-26-21(35-23)16-10-6-3-7-11-16/h2-11H,12-14,25H2,1H3. The SMILES string of the molecule is COC(=O)Cn1c(=O)c(C(=O)CSc2nnc(-c3ccccc3)o2)c(N)n(Cc2ccccc2)c1=O. The summed E-state index contributed by atoms with van der Waals surface area (Å²) in [6, 6.07) is 18.0. The fraction of sp³-hybridized carbons (Fsp3) is 0.167. The van der Waals surface area contributed by atoms with Crippen LogP contribution < -0.4 is 17.0 Å². The molecular weight excluding hydrogens is 486 g/mol. The molecule has 2 heterocycles. The molecule has 2 aromatic carbocycles. The summed E-state index contributed by atoms with van der Waals surface area (Å²) in [4.78, 5) is 51.1. The highest BCUT2D eigenvalue weighted by atomic mass is 32.2. The summed E-state index contributed by atoms with van der Waals surface area (Å²) in [7, 11) is 1.13. The molecule has 0 aliphatic heterocycles. The van der Waals surface area contributed by atoms with Gasteiger partial charge in [0.25, 0.3) is 10.8 Å². The fourth-order valence-corrected chi connectivity index (χ4v) is 4.03. The molecule has 36 heavy (non-hydrogen) atoms. The zero-order chi connectivity index (χ0) is 25.7. The predicted molar refractivity (Wildman–Crippen MR) is 132 cm³/mol. The van der Waals surface area contributed by atoms with Gasteiger partial charge in [-0.1, -0.05) is 60.3 Å². The van der Waals surface area contributed by atoms with E-state index in [4.69, 9.17) is 10.2 Å². The maximum Gasteiger partial charge on any atom is 0.333 e. The molecule has 0 bridgehead atoms. The molecule has 2 N–H and O–H groups in total. The Morgan fingerprint density at radius 3 is 2.33 bits per heavy atom. The van der Waals surface area contributed by atoms with Crippen LogP contribution >= 0.6 is 11.8 Å². The maximum atomic E-state index is 13.1. The van der Waals surface area contributed by atoms with Gasteiger partial charge in [-0.05, 0) is 17.7 Å². The number of nitrogen functional groups attached to an aromatic ring is 1. The molecule has 0 saturated heterocycles. The Labute approximate surface area is 208 Å². The number of hydrogen-bond acceptors (Lipinski definition) is 10. The van der Waals surface area contributed by atoms with Crippen LogP contribution in [0, 0.1) is 0 Å². The van der Waals surface area contributed by atoms with E-state index in [0.717, 1.165) is 23.4 Å². The number of methoxy groups -OCH3 is 1. The van der Waals surface area contributed by atoms with Crippen molar-refractivity contribution in [2.24, 2.45) is 0 Å². The monoisotopic (exact) mass is 507 g/mol. The van der Waals surface area contributed by atoms with Crippen molar-refractivity contribution in [2.45, 2.75) is 18.3 Å². The largest absolute Gasteiger partial charge is 0.468 e. The first kappa shape index (κ1) is 24.7. The van der Waals surface area contributed by atoms with E-state index in [-0.39, 0.29) is 29.2 Å². The molecule has 184 valence electrons.